The van der Waals surface area contributed by atoms with E-state index in [0.29, 0.717) is 12.5 Å². The molecule has 114 valence electrons. The minimum absolute atomic E-state index is 0.0255. The molecule has 2 aromatic rings. The summed E-state index contributed by atoms with van der Waals surface area (Å²) in [6.07, 6.45) is 1.04. The Hall–Kier alpha value is -1.39. The first-order valence-electron chi connectivity index (χ1n) is 7.48. The minimum Gasteiger partial charge on any atom is -0.486 e. The van der Waals surface area contributed by atoms with Crippen molar-refractivity contribution < 1.29 is 4.74 Å². The standard InChI is InChI=1S/C17H24N2OS/c1-5-13-6-8-14(9-7-13)20-10-15-19-16(11(2)3)17(21-15)12(4)18/h6-9,11-12H,5,10,18H2,1-4H3. The quantitative estimate of drug-likeness (QED) is 0.859. The predicted octanol–water partition coefficient (Wildman–Crippen LogP) is 4.43. The number of hydrogen-bond acceptors (Lipinski definition) is 4. The van der Waals surface area contributed by atoms with Crippen LogP contribution >= 0.6 is 11.3 Å². The van der Waals surface area contributed by atoms with Crippen molar-refractivity contribution in [3.05, 3.63) is 45.4 Å². The molecule has 0 spiro atoms. The molecule has 0 bridgehead atoms. The summed E-state index contributed by atoms with van der Waals surface area (Å²) in [5.74, 6) is 1.27. The molecule has 0 fully saturated rings. The smallest absolute Gasteiger partial charge is 0.140 e. The van der Waals surface area contributed by atoms with E-state index in [1.54, 1.807) is 11.3 Å². The van der Waals surface area contributed by atoms with Gasteiger partial charge in [-0.25, -0.2) is 4.98 Å². The van der Waals surface area contributed by atoms with Gasteiger partial charge in [0.05, 0.1) is 5.69 Å². The Morgan fingerprint density at radius 2 is 1.86 bits per heavy atom. The van der Waals surface area contributed by atoms with E-state index < -0.39 is 0 Å². The predicted molar refractivity (Wildman–Crippen MR) is 89.0 cm³/mol. The summed E-state index contributed by atoms with van der Waals surface area (Å²) in [6, 6.07) is 8.26. The van der Waals surface area contributed by atoms with Crippen molar-refractivity contribution >= 4 is 11.3 Å². The lowest BCUT2D eigenvalue weighted by molar-refractivity contribution is 0.305. The topological polar surface area (TPSA) is 48.1 Å². The van der Waals surface area contributed by atoms with Crippen LogP contribution in [0.4, 0.5) is 0 Å². The Kier molecular flexibility index (Phi) is 5.37. The number of rotatable bonds is 6. The van der Waals surface area contributed by atoms with E-state index in [-0.39, 0.29) is 6.04 Å². The molecule has 1 heterocycles. The second-order valence-corrected chi connectivity index (χ2v) is 6.70. The molecule has 0 radical (unpaired) electrons. The molecule has 0 aliphatic heterocycles. The fourth-order valence-electron chi connectivity index (χ4n) is 2.16. The van der Waals surface area contributed by atoms with Crippen LogP contribution in [0.15, 0.2) is 24.3 Å². The van der Waals surface area contributed by atoms with Gasteiger partial charge in [0, 0.05) is 10.9 Å². The van der Waals surface area contributed by atoms with Crippen LogP contribution in [0.25, 0.3) is 0 Å². The fourth-order valence-corrected chi connectivity index (χ4v) is 3.25. The number of hydrogen-bond donors (Lipinski definition) is 1. The number of nitrogens with zero attached hydrogens (tertiary/aromatic N) is 1. The maximum atomic E-state index is 6.03. The van der Waals surface area contributed by atoms with Crippen molar-refractivity contribution in [1.29, 1.82) is 0 Å². The number of nitrogens with two attached hydrogens (primary N) is 1. The lowest BCUT2D eigenvalue weighted by Crippen LogP contribution is -2.06. The number of thiazole rings is 1. The van der Waals surface area contributed by atoms with Crippen LogP contribution in [0.2, 0.25) is 0 Å². The van der Waals surface area contributed by atoms with Gasteiger partial charge < -0.3 is 10.5 Å². The molecule has 0 saturated heterocycles. The van der Waals surface area contributed by atoms with Crippen LogP contribution in [0.1, 0.15) is 60.8 Å². The van der Waals surface area contributed by atoms with Gasteiger partial charge in [-0.3, -0.25) is 0 Å². The molecule has 0 aliphatic rings. The molecule has 2 rings (SSSR count). The summed E-state index contributed by atoms with van der Waals surface area (Å²) >= 11 is 1.66. The van der Waals surface area contributed by atoms with Crippen molar-refractivity contribution in [2.75, 3.05) is 0 Å². The fraction of sp³-hybridized carbons (Fsp3) is 0.471. The molecule has 3 nitrogen and oxygen atoms in total. The van der Waals surface area contributed by atoms with Crippen molar-refractivity contribution in [1.82, 2.24) is 4.98 Å². The highest BCUT2D eigenvalue weighted by molar-refractivity contribution is 7.11. The third-order valence-corrected chi connectivity index (χ3v) is 4.63. The maximum absolute atomic E-state index is 6.03. The molecular weight excluding hydrogens is 280 g/mol. The van der Waals surface area contributed by atoms with E-state index in [1.165, 1.54) is 10.4 Å². The summed E-state index contributed by atoms with van der Waals surface area (Å²) in [6.45, 7) is 8.95. The van der Waals surface area contributed by atoms with Crippen LogP contribution in [-0.4, -0.2) is 4.98 Å². The van der Waals surface area contributed by atoms with E-state index in [4.69, 9.17) is 15.5 Å². The van der Waals surface area contributed by atoms with Crippen LogP contribution in [0, 0.1) is 0 Å². The SMILES string of the molecule is CCc1ccc(OCc2nc(C(C)C)c(C(C)N)s2)cc1. The Bertz CT molecular complexity index is 547. The van der Waals surface area contributed by atoms with Gasteiger partial charge in [-0.15, -0.1) is 11.3 Å². The highest BCUT2D eigenvalue weighted by Crippen LogP contribution is 2.30. The van der Waals surface area contributed by atoms with Gasteiger partial charge in [-0.2, -0.15) is 0 Å². The average molecular weight is 304 g/mol. The zero-order valence-corrected chi connectivity index (χ0v) is 14.0. The molecule has 4 heteroatoms. The van der Waals surface area contributed by atoms with E-state index in [1.807, 2.05) is 19.1 Å². The molecule has 1 unspecified atom stereocenters. The van der Waals surface area contributed by atoms with Gasteiger partial charge in [0.15, 0.2) is 0 Å². The Balaban J connectivity index is 2.07. The molecule has 0 amide bonds. The summed E-state index contributed by atoms with van der Waals surface area (Å²) < 4.78 is 5.83. The van der Waals surface area contributed by atoms with Gasteiger partial charge >= 0.3 is 0 Å². The molecule has 1 aromatic carbocycles. The second-order valence-electron chi connectivity index (χ2n) is 5.59. The monoisotopic (exact) mass is 304 g/mol. The van der Waals surface area contributed by atoms with Gasteiger partial charge in [0.2, 0.25) is 0 Å². The average Bonchev–Trinajstić information content (AvgIpc) is 2.90. The number of aryl methyl sites for hydroxylation is 1. The van der Waals surface area contributed by atoms with Crippen molar-refractivity contribution in [2.24, 2.45) is 5.73 Å². The van der Waals surface area contributed by atoms with Crippen molar-refractivity contribution in [3.63, 3.8) is 0 Å². The zero-order valence-electron chi connectivity index (χ0n) is 13.2. The second kappa shape index (κ2) is 7.05. The summed E-state index contributed by atoms with van der Waals surface area (Å²) in [5, 5.41) is 0.991. The Labute approximate surface area is 131 Å². The molecule has 1 aromatic heterocycles. The van der Waals surface area contributed by atoms with E-state index in [2.05, 4.69) is 32.9 Å². The zero-order chi connectivity index (χ0) is 15.4. The third-order valence-electron chi connectivity index (χ3n) is 3.38. The van der Waals surface area contributed by atoms with E-state index >= 15 is 0 Å². The van der Waals surface area contributed by atoms with Crippen LogP contribution in [-0.2, 0) is 13.0 Å². The van der Waals surface area contributed by atoms with E-state index in [0.717, 1.165) is 22.9 Å². The largest absolute Gasteiger partial charge is 0.486 e. The van der Waals surface area contributed by atoms with Gasteiger partial charge in [-0.05, 0) is 37.0 Å². The third kappa shape index (κ3) is 4.05. The van der Waals surface area contributed by atoms with Crippen LogP contribution < -0.4 is 10.5 Å². The summed E-state index contributed by atoms with van der Waals surface area (Å²) in [4.78, 5) is 5.86. The number of benzene rings is 1. The first-order chi connectivity index (χ1) is 10.0. The number of aromatic nitrogens is 1. The van der Waals surface area contributed by atoms with Crippen LogP contribution in [0.5, 0.6) is 5.75 Å². The van der Waals surface area contributed by atoms with Gasteiger partial charge in [0.25, 0.3) is 0 Å². The summed E-state index contributed by atoms with van der Waals surface area (Å²) in [7, 11) is 0. The molecule has 0 saturated carbocycles. The Morgan fingerprint density at radius 1 is 1.19 bits per heavy atom. The number of ether oxygens (including phenoxy) is 1. The summed E-state index contributed by atoms with van der Waals surface area (Å²) in [5.41, 5.74) is 8.46. The Morgan fingerprint density at radius 3 is 2.33 bits per heavy atom. The van der Waals surface area contributed by atoms with Gasteiger partial charge in [0.1, 0.15) is 17.4 Å². The normalized spacial score (nSPS) is 12.7. The molecule has 0 aliphatic carbocycles. The minimum atomic E-state index is 0.0255. The molecular formula is C17H24N2OS. The first-order valence-corrected chi connectivity index (χ1v) is 8.29. The molecule has 21 heavy (non-hydrogen) atoms. The van der Waals surface area contributed by atoms with Crippen molar-refractivity contribution in [3.8, 4) is 5.75 Å². The van der Waals surface area contributed by atoms with Gasteiger partial charge in [-0.1, -0.05) is 32.9 Å². The maximum Gasteiger partial charge on any atom is 0.140 e. The highest BCUT2D eigenvalue weighted by Gasteiger charge is 2.17. The van der Waals surface area contributed by atoms with Crippen molar-refractivity contribution in [2.45, 2.75) is 52.7 Å². The van der Waals surface area contributed by atoms with E-state index in [9.17, 15) is 0 Å². The first kappa shape index (κ1) is 16.0. The lowest BCUT2D eigenvalue weighted by Gasteiger charge is -2.07. The van der Waals surface area contributed by atoms with Crippen LogP contribution in [0.3, 0.4) is 0 Å². The molecule has 1 atom stereocenters. The molecule has 2 N–H and O–H groups in total. The highest BCUT2D eigenvalue weighted by atomic mass is 32.1. The lowest BCUT2D eigenvalue weighted by atomic mass is 10.1.